The maximum Gasteiger partial charge on any atom is 0.132 e. The SMILES string of the molecule is CCCNCc1ccc(-c2ccn(C)n2)c(F)c1. The lowest BCUT2D eigenvalue weighted by atomic mass is 10.1. The Bertz CT molecular complexity index is 520. The van der Waals surface area contributed by atoms with Gasteiger partial charge in [0.2, 0.25) is 0 Å². The molecule has 0 unspecified atom stereocenters. The highest BCUT2D eigenvalue weighted by Gasteiger charge is 2.08. The first-order valence-corrected chi connectivity index (χ1v) is 6.20. The normalized spacial score (nSPS) is 10.8. The Morgan fingerprint density at radius 2 is 2.17 bits per heavy atom. The van der Waals surface area contributed by atoms with Crippen LogP contribution < -0.4 is 5.32 Å². The van der Waals surface area contributed by atoms with Crippen LogP contribution in [0.2, 0.25) is 0 Å². The van der Waals surface area contributed by atoms with Crippen LogP contribution in [0, 0.1) is 5.82 Å². The van der Waals surface area contributed by atoms with E-state index in [9.17, 15) is 4.39 Å². The number of aromatic nitrogens is 2. The van der Waals surface area contributed by atoms with Crippen LogP contribution in [0.1, 0.15) is 18.9 Å². The first-order chi connectivity index (χ1) is 8.70. The van der Waals surface area contributed by atoms with Crippen molar-refractivity contribution in [3.63, 3.8) is 0 Å². The molecule has 0 bridgehead atoms. The van der Waals surface area contributed by atoms with Gasteiger partial charge in [0.05, 0.1) is 5.69 Å². The predicted octanol–water partition coefficient (Wildman–Crippen LogP) is 2.73. The van der Waals surface area contributed by atoms with E-state index >= 15 is 0 Å². The van der Waals surface area contributed by atoms with E-state index in [0.29, 0.717) is 17.8 Å². The highest BCUT2D eigenvalue weighted by molar-refractivity contribution is 5.59. The highest BCUT2D eigenvalue weighted by Crippen LogP contribution is 2.21. The van der Waals surface area contributed by atoms with Crippen LogP contribution in [-0.4, -0.2) is 16.3 Å². The number of benzene rings is 1. The third kappa shape index (κ3) is 2.96. The van der Waals surface area contributed by atoms with Gasteiger partial charge >= 0.3 is 0 Å². The van der Waals surface area contributed by atoms with Crippen molar-refractivity contribution in [2.75, 3.05) is 6.54 Å². The molecule has 0 fully saturated rings. The molecule has 0 spiro atoms. The van der Waals surface area contributed by atoms with Crippen LogP contribution in [0.15, 0.2) is 30.5 Å². The van der Waals surface area contributed by atoms with Crippen molar-refractivity contribution in [3.05, 3.63) is 41.8 Å². The van der Waals surface area contributed by atoms with Crippen LogP contribution in [0.25, 0.3) is 11.3 Å². The summed E-state index contributed by atoms with van der Waals surface area (Å²) in [6, 6.07) is 7.12. The molecule has 0 radical (unpaired) electrons. The molecule has 1 heterocycles. The maximum absolute atomic E-state index is 14.0. The van der Waals surface area contributed by atoms with Crippen LogP contribution >= 0.6 is 0 Å². The second-order valence-corrected chi connectivity index (χ2v) is 4.37. The second-order valence-electron chi connectivity index (χ2n) is 4.37. The van der Waals surface area contributed by atoms with Crippen LogP contribution in [0.3, 0.4) is 0 Å². The molecule has 0 saturated carbocycles. The summed E-state index contributed by atoms with van der Waals surface area (Å²) in [5.41, 5.74) is 2.18. The topological polar surface area (TPSA) is 29.9 Å². The maximum atomic E-state index is 14.0. The molecule has 0 amide bonds. The van der Waals surface area contributed by atoms with Crippen molar-refractivity contribution in [1.82, 2.24) is 15.1 Å². The van der Waals surface area contributed by atoms with E-state index in [1.807, 2.05) is 25.4 Å². The summed E-state index contributed by atoms with van der Waals surface area (Å²) in [6.45, 7) is 3.76. The predicted molar refractivity (Wildman–Crippen MR) is 70.6 cm³/mol. The van der Waals surface area contributed by atoms with Gasteiger partial charge < -0.3 is 5.32 Å². The van der Waals surface area contributed by atoms with Gasteiger partial charge in [-0.3, -0.25) is 4.68 Å². The fourth-order valence-corrected chi connectivity index (χ4v) is 1.84. The van der Waals surface area contributed by atoms with Gasteiger partial charge in [0.25, 0.3) is 0 Å². The molecular formula is C14H18FN3. The molecule has 0 aliphatic heterocycles. The molecule has 2 aromatic rings. The van der Waals surface area contributed by atoms with Gasteiger partial charge in [-0.25, -0.2) is 4.39 Å². The van der Waals surface area contributed by atoms with Crippen LogP contribution in [0.4, 0.5) is 4.39 Å². The molecule has 1 aromatic carbocycles. The van der Waals surface area contributed by atoms with Crippen molar-refractivity contribution in [3.8, 4) is 11.3 Å². The monoisotopic (exact) mass is 247 g/mol. The van der Waals surface area contributed by atoms with Gasteiger partial charge in [-0.15, -0.1) is 0 Å². The molecule has 0 atom stereocenters. The average Bonchev–Trinajstić information content (AvgIpc) is 2.76. The first-order valence-electron chi connectivity index (χ1n) is 6.20. The third-order valence-corrected chi connectivity index (χ3v) is 2.78. The van der Waals surface area contributed by atoms with Gasteiger partial charge in [-0.1, -0.05) is 13.0 Å². The number of hydrogen-bond acceptors (Lipinski definition) is 2. The molecule has 0 aliphatic rings. The van der Waals surface area contributed by atoms with Gasteiger partial charge in [-0.05, 0) is 36.7 Å². The molecule has 0 saturated heterocycles. The fraction of sp³-hybridized carbons (Fsp3) is 0.357. The van der Waals surface area contributed by atoms with Gasteiger partial charge in [0, 0.05) is 25.4 Å². The number of hydrogen-bond donors (Lipinski definition) is 1. The Morgan fingerprint density at radius 3 is 2.78 bits per heavy atom. The molecule has 3 nitrogen and oxygen atoms in total. The van der Waals surface area contributed by atoms with Gasteiger partial charge in [-0.2, -0.15) is 5.10 Å². The van der Waals surface area contributed by atoms with Crippen LogP contribution in [-0.2, 0) is 13.6 Å². The van der Waals surface area contributed by atoms with E-state index in [0.717, 1.165) is 18.5 Å². The molecule has 0 aliphatic carbocycles. The summed E-state index contributed by atoms with van der Waals surface area (Å²) in [6.07, 6.45) is 2.89. The molecule has 1 aromatic heterocycles. The Kier molecular flexibility index (Phi) is 4.10. The second kappa shape index (κ2) is 5.78. The number of nitrogens with zero attached hydrogens (tertiary/aromatic N) is 2. The quantitative estimate of drug-likeness (QED) is 0.823. The van der Waals surface area contributed by atoms with E-state index in [1.165, 1.54) is 0 Å². The standard InChI is InChI=1S/C14H18FN3/c1-3-7-16-10-11-4-5-12(13(15)9-11)14-6-8-18(2)17-14/h4-6,8-9,16H,3,7,10H2,1-2H3. The lowest BCUT2D eigenvalue weighted by Gasteiger charge is -2.05. The number of aryl methyl sites for hydroxylation is 1. The van der Waals surface area contributed by atoms with Crippen molar-refractivity contribution >= 4 is 0 Å². The molecule has 1 N–H and O–H groups in total. The molecule has 2 rings (SSSR count). The minimum atomic E-state index is -0.218. The Morgan fingerprint density at radius 1 is 1.33 bits per heavy atom. The van der Waals surface area contributed by atoms with E-state index in [2.05, 4.69) is 17.3 Å². The molecule has 96 valence electrons. The largest absolute Gasteiger partial charge is 0.313 e. The number of nitrogens with one attached hydrogen (secondary N) is 1. The van der Waals surface area contributed by atoms with E-state index < -0.39 is 0 Å². The van der Waals surface area contributed by atoms with Gasteiger partial charge in [0.15, 0.2) is 0 Å². The zero-order valence-electron chi connectivity index (χ0n) is 10.8. The Labute approximate surface area is 107 Å². The average molecular weight is 247 g/mol. The molecule has 18 heavy (non-hydrogen) atoms. The summed E-state index contributed by atoms with van der Waals surface area (Å²) >= 11 is 0. The lowest BCUT2D eigenvalue weighted by molar-refractivity contribution is 0.621. The smallest absolute Gasteiger partial charge is 0.132 e. The zero-order valence-corrected chi connectivity index (χ0v) is 10.8. The highest BCUT2D eigenvalue weighted by atomic mass is 19.1. The summed E-state index contributed by atoms with van der Waals surface area (Å²) in [4.78, 5) is 0. The fourth-order valence-electron chi connectivity index (χ4n) is 1.84. The zero-order chi connectivity index (χ0) is 13.0. The Balaban J connectivity index is 2.15. The minimum absolute atomic E-state index is 0.218. The summed E-state index contributed by atoms with van der Waals surface area (Å²) in [7, 11) is 1.82. The molecule has 4 heteroatoms. The van der Waals surface area contributed by atoms with Gasteiger partial charge in [0.1, 0.15) is 5.82 Å². The number of halogens is 1. The molecular weight excluding hydrogens is 229 g/mol. The Hall–Kier alpha value is -1.68. The number of rotatable bonds is 5. The van der Waals surface area contributed by atoms with Crippen molar-refractivity contribution in [2.45, 2.75) is 19.9 Å². The summed E-state index contributed by atoms with van der Waals surface area (Å²) < 4.78 is 15.6. The lowest BCUT2D eigenvalue weighted by Crippen LogP contribution is -2.13. The van der Waals surface area contributed by atoms with Crippen molar-refractivity contribution < 1.29 is 4.39 Å². The first kappa shape index (κ1) is 12.8. The summed E-state index contributed by atoms with van der Waals surface area (Å²) in [5, 5.41) is 7.46. The van der Waals surface area contributed by atoms with E-state index in [4.69, 9.17) is 0 Å². The van der Waals surface area contributed by atoms with Crippen LogP contribution in [0.5, 0.6) is 0 Å². The summed E-state index contributed by atoms with van der Waals surface area (Å²) in [5.74, 6) is -0.218. The minimum Gasteiger partial charge on any atom is -0.313 e. The van der Waals surface area contributed by atoms with Crippen molar-refractivity contribution in [1.29, 1.82) is 0 Å². The van der Waals surface area contributed by atoms with Crippen molar-refractivity contribution in [2.24, 2.45) is 7.05 Å². The third-order valence-electron chi connectivity index (χ3n) is 2.78. The van der Waals surface area contributed by atoms with E-state index in [1.54, 1.807) is 16.8 Å². The van der Waals surface area contributed by atoms with E-state index in [-0.39, 0.29) is 5.82 Å².